The third-order valence-electron chi connectivity index (χ3n) is 3.62. The van der Waals surface area contributed by atoms with Gasteiger partial charge in [0.2, 0.25) is 5.91 Å². The number of hydrogen-bond acceptors (Lipinski definition) is 2. The molecule has 0 saturated carbocycles. The molecule has 1 fully saturated rings. The third-order valence-corrected chi connectivity index (χ3v) is 3.62. The number of rotatable bonds is 3. The van der Waals surface area contributed by atoms with Gasteiger partial charge in [0.15, 0.2) is 11.6 Å². The van der Waals surface area contributed by atoms with E-state index >= 15 is 0 Å². The molecule has 0 radical (unpaired) electrons. The summed E-state index contributed by atoms with van der Waals surface area (Å²) in [5.41, 5.74) is 0.599. The Hall–Kier alpha value is -2.31. The number of H-pyrrole nitrogens is 1. The quantitative estimate of drug-likeness (QED) is 0.884. The van der Waals surface area contributed by atoms with Crippen molar-refractivity contribution in [1.29, 1.82) is 0 Å². The van der Waals surface area contributed by atoms with Gasteiger partial charge in [-0.15, -0.1) is 0 Å². The molecular weight excluding hydrogens is 283 g/mol. The average Bonchev–Trinajstić information content (AvgIpc) is 3.06. The number of halogens is 3. The molecule has 1 unspecified atom stereocenters. The van der Waals surface area contributed by atoms with Crippen LogP contribution in [0.25, 0.3) is 0 Å². The second-order valence-electron chi connectivity index (χ2n) is 5.00. The summed E-state index contributed by atoms with van der Waals surface area (Å²) < 4.78 is 40.3. The lowest BCUT2D eigenvalue weighted by Crippen LogP contribution is -2.26. The minimum atomic E-state index is -1.27. The lowest BCUT2D eigenvalue weighted by atomic mass is 9.97. The highest BCUT2D eigenvalue weighted by Crippen LogP contribution is 2.32. The monoisotopic (exact) mass is 295 g/mol. The van der Waals surface area contributed by atoms with Gasteiger partial charge in [-0.1, -0.05) is 0 Å². The summed E-state index contributed by atoms with van der Waals surface area (Å²) >= 11 is 0. The van der Waals surface area contributed by atoms with E-state index in [4.69, 9.17) is 0 Å². The number of amides is 1. The Labute approximate surface area is 118 Å². The molecule has 21 heavy (non-hydrogen) atoms. The molecule has 3 rings (SSSR count). The van der Waals surface area contributed by atoms with Crippen molar-refractivity contribution in [2.24, 2.45) is 0 Å². The molecule has 1 N–H and O–H groups in total. The van der Waals surface area contributed by atoms with Gasteiger partial charge in [0.1, 0.15) is 5.82 Å². The average molecular weight is 295 g/mol. The van der Waals surface area contributed by atoms with Gasteiger partial charge in [0.05, 0.1) is 12.1 Å². The lowest BCUT2D eigenvalue weighted by molar-refractivity contribution is -0.129. The van der Waals surface area contributed by atoms with Crippen molar-refractivity contribution < 1.29 is 18.0 Å². The van der Waals surface area contributed by atoms with Crippen molar-refractivity contribution in [2.75, 3.05) is 6.54 Å². The SMILES string of the molecule is O=C1C(c2cc(F)cc(F)c2F)CCN1Cc1cn[nH]c1. The highest BCUT2D eigenvalue weighted by molar-refractivity contribution is 5.85. The van der Waals surface area contributed by atoms with Crippen LogP contribution in [0.2, 0.25) is 0 Å². The van der Waals surface area contributed by atoms with E-state index in [1.54, 1.807) is 12.4 Å². The largest absolute Gasteiger partial charge is 0.338 e. The van der Waals surface area contributed by atoms with E-state index in [1.165, 1.54) is 4.90 Å². The number of aromatic nitrogens is 2. The molecule has 1 aliphatic heterocycles. The predicted octanol–water partition coefficient (Wildman–Crippen LogP) is 2.34. The molecule has 1 amide bonds. The topological polar surface area (TPSA) is 49.0 Å². The fourth-order valence-electron chi connectivity index (χ4n) is 2.60. The summed E-state index contributed by atoms with van der Waals surface area (Å²) in [5.74, 6) is -4.49. The van der Waals surface area contributed by atoms with Crippen LogP contribution in [0, 0.1) is 17.5 Å². The third kappa shape index (κ3) is 2.51. The van der Waals surface area contributed by atoms with Gasteiger partial charge in [-0.2, -0.15) is 5.10 Å². The molecule has 1 aromatic carbocycles. The van der Waals surface area contributed by atoms with Gasteiger partial charge in [0.25, 0.3) is 0 Å². The Morgan fingerprint density at radius 1 is 1.33 bits per heavy atom. The number of likely N-dealkylation sites (tertiary alicyclic amines) is 1. The maximum Gasteiger partial charge on any atom is 0.230 e. The van der Waals surface area contributed by atoms with Crippen LogP contribution in [0.15, 0.2) is 24.5 Å². The van der Waals surface area contributed by atoms with Gasteiger partial charge in [-0.3, -0.25) is 9.89 Å². The molecule has 0 aliphatic carbocycles. The molecular formula is C14H12F3N3O. The Kier molecular flexibility index (Phi) is 3.40. The van der Waals surface area contributed by atoms with E-state index in [9.17, 15) is 18.0 Å². The lowest BCUT2D eigenvalue weighted by Gasteiger charge is -2.16. The number of aromatic amines is 1. The number of benzene rings is 1. The number of carbonyl (C=O) groups is 1. The summed E-state index contributed by atoms with van der Waals surface area (Å²) in [7, 11) is 0. The zero-order valence-electron chi connectivity index (χ0n) is 10.9. The van der Waals surface area contributed by atoms with Crippen molar-refractivity contribution in [2.45, 2.75) is 18.9 Å². The van der Waals surface area contributed by atoms with E-state index in [0.29, 0.717) is 25.6 Å². The standard InChI is InChI=1S/C14H12F3N3O/c15-9-3-11(13(17)12(16)4-9)10-1-2-20(14(10)21)7-8-5-18-19-6-8/h3-6,10H,1-2,7H2,(H,18,19). The predicted molar refractivity (Wildman–Crippen MR) is 67.7 cm³/mol. The Bertz CT molecular complexity index is 672. The molecule has 2 heterocycles. The van der Waals surface area contributed by atoms with Crippen LogP contribution in [0.1, 0.15) is 23.5 Å². The molecule has 1 atom stereocenters. The number of hydrogen-bond donors (Lipinski definition) is 1. The van der Waals surface area contributed by atoms with Crippen molar-refractivity contribution in [1.82, 2.24) is 15.1 Å². The van der Waals surface area contributed by atoms with E-state index in [2.05, 4.69) is 10.2 Å². The first-order chi connectivity index (χ1) is 10.1. The number of carbonyl (C=O) groups excluding carboxylic acids is 1. The molecule has 110 valence electrons. The molecule has 7 heteroatoms. The van der Waals surface area contributed by atoms with Crippen LogP contribution in [0.4, 0.5) is 13.2 Å². The molecule has 1 aromatic heterocycles. The van der Waals surface area contributed by atoms with Crippen molar-refractivity contribution in [3.8, 4) is 0 Å². The van der Waals surface area contributed by atoms with Crippen LogP contribution >= 0.6 is 0 Å². The normalized spacial score (nSPS) is 18.5. The van der Waals surface area contributed by atoms with E-state index < -0.39 is 23.4 Å². The van der Waals surface area contributed by atoms with Crippen LogP contribution in [0.3, 0.4) is 0 Å². The highest BCUT2D eigenvalue weighted by atomic mass is 19.2. The fraction of sp³-hybridized carbons (Fsp3) is 0.286. The van der Waals surface area contributed by atoms with E-state index in [1.807, 2.05) is 0 Å². The van der Waals surface area contributed by atoms with Crippen LogP contribution in [-0.4, -0.2) is 27.5 Å². The summed E-state index contributed by atoms with van der Waals surface area (Å²) in [6, 6.07) is 1.36. The number of nitrogens with one attached hydrogen (secondary N) is 1. The fourth-order valence-corrected chi connectivity index (χ4v) is 2.60. The number of nitrogens with zero attached hydrogens (tertiary/aromatic N) is 2. The Morgan fingerprint density at radius 3 is 2.86 bits per heavy atom. The molecule has 1 saturated heterocycles. The van der Waals surface area contributed by atoms with Crippen molar-refractivity contribution >= 4 is 5.91 Å². The van der Waals surface area contributed by atoms with Gasteiger partial charge in [-0.25, -0.2) is 13.2 Å². The van der Waals surface area contributed by atoms with E-state index in [0.717, 1.165) is 11.6 Å². The van der Waals surface area contributed by atoms with Crippen molar-refractivity contribution in [3.05, 3.63) is 53.1 Å². The van der Waals surface area contributed by atoms with Crippen LogP contribution in [0.5, 0.6) is 0 Å². The van der Waals surface area contributed by atoms with Gasteiger partial charge < -0.3 is 4.90 Å². The molecule has 0 spiro atoms. The first kappa shape index (κ1) is 13.7. The Balaban J connectivity index is 1.84. The first-order valence-electron chi connectivity index (χ1n) is 6.47. The minimum Gasteiger partial charge on any atom is -0.338 e. The maximum absolute atomic E-state index is 13.8. The summed E-state index contributed by atoms with van der Waals surface area (Å²) in [5, 5.41) is 6.42. The van der Waals surface area contributed by atoms with Crippen LogP contribution in [-0.2, 0) is 11.3 Å². The minimum absolute atomic E-state index is 0.216. The van der Waals surface area contributed by atoms with Crippen LogP contribution < -0.4 is 0 Å². The molecule has 4 nitrogen and oxygen atoms in total. The zero-order valence-corrected chi connectivity index (χ0v) is 10.9. The maximum atomic E-state index is 13.8. The van der Waals surface area contributed by atoms with E-state index in [-0.39, 0.29) is 11.5 Å². The van der Waals surface area contributed by atoms with Gasteiger partial charge >= 0.3 is 0 Å². The van der Waals surface area contributed by atoms with Crippen molar-refractivity contribution in [3.63, 3.8) is 0 Å². The second-order valence-corrected chi connectivity index (χ2v) is 5.00. The van der Waals surface area contributed by atoms with Gasteiger partial charge in [-0.05, 0) is 12.5 Å². The zero-order chi connectivity index (χ0) is 15.0. The Morgan fingerprint density at radius 2 is 2.14 bits per heavy atom. The second kappa shape index (κ2) is 5.23. The smallest absolute Gasteiger partial charge is 0.230 e. The molecule has 2 aromatic rings. The summed E-state index contributed by atoms with van der Waals surface area (Å²) in [6.07, 6.45) is 3.57. The molecule has 1 aliphatic rings. The summed E-state index contributed by atoms with van der Waals surface area (Å²) in [4.78, 5) is 13.8. The molecule has 0 bridgehead atoms. The summed E-state index contributed by atoms with van der Waals surface area (Å²) in [6.45, 7) is 0.748. The van der Waals surface area contributed by atoms with Gasteiger partial charge in [0, 0.05) is 36.5 Å². The highest BCUT2D eigenvalue weighted by Gasteiger charge is 2.35. The first-order valence-corrected chi connectivity index (χ1v) is 6.47.